The van der Waals surface area contributed by atoms with Gasteiger partial charge >= 0.3 is 121 Å². The molecule has 0 amide bonds. The van der Waals surface area contributed by atoms with Crippen molar-refractivity contribution in [2.45, 2.75) is 24.9 Å². The van der Waals surface area contributed by atoms with Crippen LogP contribution in [0.15, 0.2) is 6.33 Å². The van der Waals surface area contributed by atoms with E-state index in [0.29, 0.717) is 21.3 Å². The van der Waals surface area contributed by atoms with Crippen molar-refractivity contribution in [2.24, 2.45) is 0 Å². The Kier molecular flexibility index (Phi) is 3.32. The Morgan fingerprint density at radius 2 is 2.32 bits per heavy atom. The first-order chi connectivity index (χ1) is 9.10. The van der Waals surface area contributed by atoms with E-state index in [1.165, 1.54) is 0 Å². The van der Waals surface area contributed by atoms with E-state index in [4.69, 9.17) is 15.6 Å². The van der Waals surface area contributed by atoms with Gasteiger partial charge in [0.2, 0.25) is 0 Å². The molecule has 2 aromatic rings. The fraction of sp³-hybridized carbons (Fsp3) is 0.500. The Morgan fingerprint density at radius 1 is 1.53 bits per heavy atom. The number of aliphatic hydroxyl groups excluding tert-OH is 2. The minimum absolute atomic E-state index is 0.173. The molecule has 8 nitrogen and oxygen atoms in total. The van der Waals surface area contributed by atoms with E-state index in [2.05, 4.69) is 15.0 Å². The van der Waals surface area contributed by atoms with Gasteiger partial charge in [-0.05, 0) is 0 Å². The van der Waals surface area contributed by atoms with Crippen LogP contribution in [0.4, 0.5) is 5.95 Å². The molecule has 0 bridgehead atoms. The van der Waals surface area contributed by atoms with Gasteiger partial charge in [0, 0.05) is 0 Å². The fourth-order valence-corrected chi connectivity index (χ4v) is 2.85. The molecule has 1 aliphatic heterocycles. The molecule has 0 spiro atoms. The number of hydrogen-bond acceptors (Lipinski definition) is 7. The van der Waals surface area contributed by atoms with Crippen LogP contribution in [-0.2, 0) is 4.74 Å². The predicted molar refractivity (Wildman–Crippen MR) is 66.7 cm³/mol. The van der Waals surface area contributed by atoms with Gasteiger partial charge in [-0.1, -0.05) is 0 Å². The van der Waals surface area contributed by atoms with Crippen molar-refractivity contribution < 1.29 is 14.9 Å². The van der Waals surface area contributed by atoms with Gasteiger partial charge in [0.15, 0.2) is 0 Å². The Bertz CT molecular complexity index is 618. The molecule has 0 aromatic carbocycles. The number of nitrogens with two attached hydrogens (primary N) is 1. The molecule has 1 aliphatic rings. The predicted octanol–water partition coefficient (Wildman–Crippen LogP) is -2.16. The first kappa shape index (κ1) is 13.0. The van der Waals surface area contributed by atoms with Crippen LogP contribution in [0.25, 0.3) is 11.2 Å². The van der Waals surface area contributed by atoms with Crippen molar-refractivity contribution in [1.29, 1.82) is 0 Å². The maximum absolute atomic E-state index is 9.76. The van der Waals surface area contributed by atoms with Crippen LogP contribution in [0, 0.1) is 0 Å². The van der Waals surface area contributed by atoms with Gasteiger partial charge in [-0.25, -0.2) is 0 Å². The number of nitrogens with zero attached hydrogens (tertiary/aromatic N) is 4. The Balaban J connectivity index is 2.02. The first-order valence-electron chi connectivity index (χ1n) is 5.71. The second kappa shape index (κ2) is 4.85. The van der Waals surface area contributed by atoms with Crippen molar-refractivity contribution in [3.63, 3.8) is 0 Å². The van der Waals surface area contributed by atoms with Gasteiger partial charge in [-0.15, -0.1) is 0 Å². The van der Waals surface area contributed by atoms with Crippen molar-refractivity contribution in [1.82, 2.24) is 19.5 Å². The van der Waals surface area contributed by atoms with E-state index < -0.39 is 18.4 Å². The molecular weight excluding hydrogens is 366 g/mol. The van der Waals surface area contributed by atoms with Crippen molar-refractivity contribution in [3.8, 4) is 0 Å². The van der Waals surface area contributed by atoms with Gasteiger partial charge in [-0.3, -0.25) is 0 Å². The topological polar surface area (TPSA) is 119 Å². The van der Waals surface area contributed by atoms with Crippen LogP contribution < -0.4 is 9.48 Å². The Labute approximate surface area is 121 Å². The van der Waals surface area contributed by atoms with Crippen LogP contribution in [0.5, 0.6) is 0 Å². The number of anilines is 1. The molecule has 3 heterocycles. The molecule has 101 valence electrons. The molecule has 0 unspecified atom stereocenters. The number of rotatable bonds is 2. The summed E-state index contributed by atoms with van der Waals surface area (Å²) in [5.74, 6) is 0.173. The molecule has 1 saturated heterocycles. The molecular formula is C10H12N5O3Te. The van der Waals surface area contributed by atoms with Gasteiger partial charge < -0.3 is 0 Å². The average Bonchev–Trinajstić information content (AvgIpc) is 2.92. The zero-order valence-corrected chi connectivity index (χ0v) is 12.1. The minimum atomic E-state index is -0.701. The van der Waals surface area contributed by atoms with E-state index in [9.17, 15) is 5.11 Å². The summed E-state index contributed by atoms with van der Waals surface area (Å²) in [5, 5.41) is 18.9. The third-order valence-corrected chi connectivity index (χ3v) is 3.91. The third kappa shape index (κ3) is 2.17. The molecule has 4 N–H and O–H groups in total. The number of aromatic nitrogens is 4. The first-order valence-corrected chi connectivity index (χ1v) is 6.88. The van der Waals surface area contributed by atoms with Crippen molar-refractivity contribution in [3.05, 3.63) is 6.33 Å². The molecule has 1 radical (unpaired) electrons. The van der Waals surface area contributed by atoms with E-state index in [-0.39, 0.29) is 12.6 Å². The Morgan fingerprint density at radius 3 is 3.00 bits per heavy atom. The van der Waals surface area contributed by atoms with Crippen LogP contribution in [0.3, 0.4) is 0 Å². The number of nitrogen functional groups attached to an aromatic ring is 1. The van der Waals surface area contributed by atoms with Crippen molar-refractivity contribution in [2.75, 3.05) is 12.3 Å². The molecule has 19 heavy (non-hydrogen) atoms. The summed E-state index contributed by atoms with van der Waals surface area (Å²) in [5.41, 5.74) is 6.87. The average molecular weight is 378 g/mol. The molecule has 0 aliphatic carbocycles. The zero-order chi connectivity index (χ0) is 13.6. The fourth-order valence-electron chi connectivity index (χ4n) is 2.17. The summed E-state index contributed by atoms with van der Waals surface area (Å²) < 4.78 is 7.99. The number of ether oxygens (including phenoxy) is 1. The summed E-state index contributed by atoms with van der Waals surface area (Å²) in [7, 11) is 0. The van der Waals surface area contributed by atoms with Gasteiger partial charge in [0.1, 0.15) is 0 Å². The molecule has 0 saturated carbocycles. The van der Waals surface area contributed by atoms with Crippen LogP contribution in [0.2, 0.25) is 0 Å². The van der Waals surface area contributed by atoms with E-state index in [1.807, 2.05) is 0 Å². The molecule has 3 rings (SSSR count). The van der Waals surface area contributed by atoms with E-state index >= 15 is 0 Å². The van der Waals surface area contributed by atoms with Gasteiger partial charge in [-0.2, -0.15) is 0 Å². The second-order valence-electron chi connectivity index (χ2n) is 4.33. The quantitative estimate of drug-likeness (QED) is 0.510. The summed E-state index contributed by atoms with van der Waals surface area (Å²) >= 11 is 1.73. The van der Waals surface area contributed by atoms with Crippen LogP contribution in [-0.4, -0.2) is 70.8 Å². The van der Waals surface area contributed by atoms with Crippen LogP contribution in [0.1, 0.15) is 12.6 Å². The monoisotopic (exact) mass is 380 g/mol. The van der Waals surface area contributed by atoms with Crippen molar-refractivity contribution >= 4 is 43.1 Å². The number of fused-ring (bicyclic) bond motifs is 1. The molecule has 9 heteroatoms. The number of imidazole rings is 1. The van der Waals surface area contributed by atoms with Crippen LogP contribution >= 0.6 is 0 Å². The number of aliphatic hydroxyl groups is 2. The molecule has 1 fully saturated rings. The van der Waals surface area contributed by atoms with Gasteiger partial charge in [0.25, 0.3) is 0 Å². The Hall–Kier alpha value is -0.980. The summed E-state index contributed by atoms with van der Waals surface area (Å²) in [4.78, 5) is 12.5. The van der Waals surface area contributed by atoms with E-state index in [1.54, 1.807) is 33.2 Å². The molecule has 2 aromatic heterocycles. The van der Waals surface area contributed by atoms with E-state index in [0.717, 1.165) is 0 Å². The maximum atomic E-state index is 9.76. The third-order valence-electron chi connectivity index (χ3n) is 3.10. The SMILES string of the molecule is Nc1nc([Te])c2ncn([C@H]3C[C@H](O)[C@@H](CO)O3)c2n1. The second-order valence-corrected chi connectivity index (χ2v) is 5.43. The van der Waals surface area contributed by atoms with Gasteiger partial charge in [0.05, 0.1) is 0 Å². The molecule has 3 atom stereocenters. The summed E-state index contributed by atoms with van der Waals surface area (Å²) in [6.07, 6.45) is 0.272. The summed E-state index contributed by atoms with van der Waals surface area (Å²) in [6, 6.07) is 0. The zero-order valence-electron chi connectivity index (χ0n) is 9.80. The normalized spacial score (nSPS) is 27.2. The standard InChI is InChI=1S/C10H12N5O3Te/c11-10-13-8-7(9(19)14-10)12-3-15(8)6-1-4(17)5(2-16)18-6/h3-6,16-17H,1-2H2,(H2,11,13,14)/t4-,5+,6+/m0/s1. The number of hydrogen-bond donors (Lipinski definition) is 3. The summed E-state index contributed by atoms with van der Waals surface area (Å²) in [6.45, 7) is -0.221.